The van der Waals surface area contributed by atoms with Crippen molar-refractivity contribution in [3.63, 3.8) is 0 Å². The average Bonchev–Trinajstić information content (AvgIpc) is 2.72. The minimum Gasteiger partial charge on any atom is -0.309 e. The van der Waals surface area contributed by atoms with Gasteiger partial charge in [-0.05, 0) is 42.7 Å². The molecule has 0 saturated heterocycles. The predicted octanol–water partition coefficient (Wildman–Crippen LogP) is 3.33. The Balaban J connectivity index is 1.85. The number of aryl methyl sites for hydroxylation is 1. The molecule has 1 N–H and O–H groups in total. The molecule has 1 heterocycles. The van der Waals surface area contributed by atoms with E-state index in [9.17, 15) is 0 Å². The fourth-order valence-electron chi connectivity index (χ4n) is 2.26. The lowest BCUT2D eigenvalue weighted by atomic mass is 10.1. The molecule has 1 nitrogen and oxygen atoms in total. The number of hydrogen-bond donors (Lipinski definition) is 1. The SMILES string of the molecule is Cc1ccsc1CNC1CCCC1C. The first-order valence-electron chi connectivity index (χ1n) is 5.53. The van der Waals surface area contributed by atoms with E-state index >= 15 is 0 Å². The van der Waals surface area contributed by atoms with Crippen LogP contribution >= 0.6 is 11.3 Å². The molecule has 0 aromatic carbocycles. The third-order valence-electron chi connectivity index (χ3n) is 3.35. The summed E-state index contributed by atoms with van der Waals surface area (Å²) < 4.78 is 0. The van der Waals surface area contributed by atoms with Crippen molar-refractivity contribution in [1.82, 2.24) is 5.32 Å². The maximum atomic E-state index is 3.68. The van der Waals surface area contributed by atoms with E-state index in [0.29, 0.717) is 0 Å². The van der Waals surface area contributed by atoms with Crippen molar-refractivity contribution in [3.05, 3.63) is 21.9 Å². The molecule has 1 fully saturated rings. The number of nitrogens with one attached hydrogen (secondary N) is 1. The second kappa shape index (κ2) is 4.45. The minimum absolute atomic E-state index is 0.761. The zero-order valence-electron chi connectivity index (χ0n) is 9.05. The number of hydrogen-bond acceptors (Lipinski definition) is 2. The van der Waals surface area contributed by atoms with Crippen LogP contribution in [0, 0.1) is 12.8 Å². The molecule has 2 rings (SSSR count). The Labute approximate surface area is 90.5 Å². The first-order chi connectivity index (χ1) is 6.77. The third kappa shape index (κ3) is 2.18. The molecule has 1 aliphatic rings. The van der Waals surface area contributed by atoms with E-state index in [1.807, 2.05) is 11.3 Å². The van der Waals surface area contributed by atoms with Gasteiger partial charge in [0, 0.05) is 17.5 Å². The topological polar surface area (TPSA) is 12.0 Å². The highest BCUT2D eigenvalue weighted by molar-refractivity contribution is 7.10. The van der Waals surface area contributed by atoms with Gasteiger partial charge in [0.25, 0.3) is 0 Å². The van der Waals surface area contributed by atoms with Crippen molar-refractivity contribution in [1.29, 1.82) is 0 Å². The van der Waals surface area contributed by atoms with E-state index in [1.54, 1.807) is 0 Å². The highest BCUT2D eigenvalue weighted by atomic mass is 32.1. The summed E-state index contributed by atoms with van der Waals surface area (Å²) in [4.78, 5) is 1.50. The molecule has 0 spiro atoms. The van der Waals surface area contributed by atoms with E-state index in [-0.39, 0.29) is 0 Å². The Hall–Kier alpha value is -0.340. The van der Waals surface area contributed by atoms with Crippen LogP contribution in [0.3, 0.4) is 0 Å². The zero-order chi connectivity index (χ0) is 9.97. The Morgan fingerprint density at radius 3 is 2.93 bits per heavy atom. The summed E-state index contributed by atoms with van der Waals surface area (Å²) >= 11 is 1.87. The standard InChI is InChI=1S/C12H19NS/c1-9-4-3-5-11(9)13-8-12-10(2)6-7-14-12/h6-7,9,11,13H,3-5,8H2,1-2H3. The fourth-order valence-corrected chi connectivity index (χ4v) is 3.11. The summed E-state index contributed by atoms with van der Waals surface area (Å²) in [7, 11) is 0. The Morgan fingerprint density at radius 1 is 1.50 bits per heavy atom. The quantitative estimate of drug-likeness (QED) is 0.805. The lowest BCUT2D eigenvalue weighted by molar-refractivity contribution is 0.427. The van der Waals surface area contributed by atoms with Crippen molar-refractivity contribution in [2.75, 3.05) is 0 Å². The molecule has 1 aromatic heterocycles. The van der Waals surface area contributed by atoms with E-state index in [4.69, 9.17) is 0 Å². The molecular formula is C12H19NS. The first kappa shape index (κ1) is 10.2. The van der Waals surface area contributed by atoms with Crippen molar-refractivity contribution in [2.24, 2.45) is 5.92 Å². The lowest BCUT2D eigenvalue weighted by Crippen LogP contribution is -2.30. The number of rotatable bonds is 3. The molecule has 78 valence electrons. The van der Waals surface area contributed by atoms with Gasteiger partial charge in [-0.2, -0.15) is 0 Å². The summed E-state index contributed by atoms with van der Waals surface area (Å²) in [6.07, 6.45) is 4.18. The fraction of sp³-hybridized carbons (Fsp3) is 0.667. The van der Waals surface area contributed by atoms with Gasteiger partial charge in [-0.15, -0.1) is 11.3 Å². The molecule has 1 aromatic rings. The van der Waals surface area contributed by atoms with Crippen LogP contribution < -0.4 is 5.32 Å². The van der Waals surface area contributed by atoms with Gasteiger partial charge < -0.3 is 5.32 Å². The van der Waals surface area contributed by atoms with Crippen LogP contribution in [0.2, 0.25) is 0 Å². The van der Waals surface area contributed by atoms with Crippen molar-refractivity contribution in [3.8, 4) is 0 Å². The van der Waals surface area contributed by atoms with Crippen LogP contribution in [0.25, 0.3) is 0 Å². The van der Waals surface area contributed by atoms with Crippen molar-refractivity contribution < 1.29 is 0 Å². The molecule has 2 heteroatoms. The molecule has 0 aliphatic heterocycles. The summed E-state index contributed by atoms with van der Waals surface area (Å²) in [6.45, 7) is 5.63. The smallest absolute Gasteiger partial charge is 0.0305 e. The minimum atomic E-state index is 0.761. The van der Waals surface area contributed by atoms with Gasteiger partial charge in [-0.1, -0.05) is 13.3 Å². The molecule has 2 unspecified atom stereocenters. The molecule has 14 heavy (non-hydrogen) atoms. The van der Waals surface area contributed by atoms with Crippen LogP contribution in [0.15, 0.2) is 11.4 Å². The van der Waals surface area contributed by atoms with Gasteiger partial charge in [0.1, 0.15) is 0 Å². The second-order valence-electron chi connectivity index (χ2n) is 4.42. The third-order valence-corrected chi connectivity index (χ3v) is 4.38. The summed E-state index contributed by atoms with van der Waals surface area (Å²) in [5.41, 5.74) is 1.44. The van der Waals surface area contributed by atoms with E-state index in [1.165, 1.54) is 29.7 Å². The largest absolute Gasteiger partial charge is 0.309 e. The van der Waals surface area contributed by atoms with Gasteiger partial charge in [0.2, 0.25) is 0 Å². The van der Waals surface area contributed by atoms with E-state index in [2.05, 4.69) is 30.6 Å². The van der Waals surface area contributed by atoms with Crippen LogP contribution in [0.1, 0.15) is 36.6 Å². The lowest BCUT2D eigenvalue weighted by Gasteiger charge is -2.16. The normalized spacial score (nSPS) is 27.0. The predicted molar refractivity (Wildman–Crippen MR) is 62.7 cm³/mol. The Kier molecular flexibility index (Phi) is 3.24. The van der Waals surface area contributed by atoms with E-state index < -0.39 is 0 Å². The number of thiophene rings is 1. The second-order valence-corrected chi connectivity index (χ2v) is 5.42. The molecule has 1 saturated carbocycles. The first-order valence-corrected chi connectivity index (χ1v) is 6.41. The van der Waals surface area contributed by atoms with Gasteiger partial charge in [-0.3, -0.25) is 0 Å². The van der Waals surface area contributed by atoms with Crippen LogP contribution in [0.4, 0.5) is 0 Å². The summed E-state index contributed by atoms with van der Waals surface area (Å²) in [6, 6.07) is 2.97. The zero-order valence-corrected chi connectivity index (χ0v) is 9.86. The molecule has 1 aliphatic carbocycles. The average molecular weight is 209 g/mol. The van der Waals surface area contributed by atoms with Gasteiger partial charge in [0.05, 0.1) is 0 Å². The molecule has 0 bridgehead atoms. The van der Waals surface area contributed by atoms with Crippen molar-refractivity contribution in [2.45, 2.75) is 45.7 Å². The molecule has 2 atom stereocenters. The molecular weight excluding hydrogens is 190 g/mol. The molecule has 0 radical (unpaired) electrons. The van der Waals surface area contributed by atoms with E-state index in [0.717, 1.165) is 18.5 Å². The maximum Gasteiger partial charge on any atom is 0.0305 e. The highest BCUT2D eigenvalue weighted by Gasteiger charge is 2.22. The summed E-state index contributed by atoms with van der Waals surface area (Å²) in [5.74, 6) is 0.871. The monoisotopic (exact) mass is 209 g/mol. The Bertz CT molecular complexity index is 292. The van der Waals surface area contributed by atoms with Crippen LogP contribution in [0.5, 0.6) is 0 Å². The van der Waals surface area contributed by atoms with Crippen LogP contribution in [-0.2, 0) is 6.54 Å². The van der Waals surface area contributed by atoms with Crippen molar-refractivity contribution >= 4 is 11.3 Å². The van der Waals surface area contributed by atoms with Gasteiger partial charge in [-0.25, -0.2) is 0 Å². The summed E-state index contributed by atoms with van der Waals surface area (Å²) in [5, 5.41) is 5.87. The Morgan fingerprint density at radius 2 is 2.36 bits per heavy atom. The maximum absolute atomic E-state index is 3.68. The van der Waals surface area contributed by atoms with Gasteiger partial charge >= 0.3 is 0 Å². The van der Waals surface area contributed by atoms with Crippen LogP contribution in [-0.4, -0.2) is 6.04 Å². The van der Waals surface area contributed by atoms with Gasteiger partial charge in [0.15, 0.2) is 0 Å². The highest BCUT2D eigenvalue weighted by Crippen LogP contribution is 2.25. The molecule has 0 amide bonds.